The molecule has 60 valence electrons. The van der Waals surface area contributed by atoms with Gasteiger partial charge in [-0.25, -0.2) is 0 Å². The molecule has 0 aliphatic heterocycles. The average Bonchev–Trinajstić information content (AvgIpc) is 1.98. The lowest BCUT2D eigenvalue weighted by molar-refractivity contribution is 0.180. The summed E-state index contributed by atoms with van der Waals surface area (Å²) in [6.45, 7) is 0.396. The monoisotopic (exact) mass is 173 g/mol. The van der Waals surface area contributed by atoms with Crippen molar-refractivity contribution in [3.63, 3.8) is 0 Å². The van der Waals surface area contributed by atoms with E-state index in [0.29, 0.717) is 17.3 Å². The summed E-state index contributed by atoms with van der Waals surface area (Å²) < 4.78 is 4.82. The number of anilines is 1. The first-order chi connectivity index (χ1) is 5.24. The molecule has 2 N–H and O–H groups in total. The molecule has 0 aromatic carbocycles. The van der Waals surface area contributed by atoms with Crippen molar-refractivity contribution < 1.29 is 4.74 Å². The van der Waals surface area contributed by atoms with Gasteiger partial charge in [0.25, 0.3) is 0 Å². The zero-order chi connectivity index (χ0) is 8.27. The van der Waals surface area contributed by atoms with Crippen LogP contribution in [-0.4, -0.2) is 17.3 Å². The highest BCUT2D eigenvalue weighted by Gasteiger charge is 2.00. The maximum absolute atomic E-state index is 5.67. The molecule has 0 amide bonds. The van der Waals surface area contributed by atoms with E-state index in [4.69, 9.17) is 22.1 Å². The number of nitrogens with zero attached hydrogens (tertiary/aromatic N) is 2. The molecule has 1 aromatic heterocycles. The quantitative estimate of drug-likeness (QED) is 0.721. The first-order valence-electron chi connectivity index (χ1n) is 3.00. The standard InChI is InChI=1S/C6H8ClN3O/c1-11-3-4-2-5(7)6(8)10-9-4/h2H,3H2,1H3,(H2,8,10). The van der Waals surface area contributed by atoms with Crippen molar-refractivity contribution in [3.05, 3.63) is 16.8 Å². The third-order valence-corrected chi connectivity index (χ3v) is 1.42. The summed E-state index contributed by atoms with van der Waals surface area (Å²) in [6.07, 6.45) is 0. The normalized spacial score (nSPS) is 10.0. The van der Waals surface area contributed by atoms with Gasteiger partial charge in [-0.2, -0.15) is 5.10 Å². The van der Waals surface area contributed by atoms with Crippen LogP contribution in [0.25, 0.3) is 0 Å². The third kappa shape index (κ3) is 2.03. The molecule has 0 unspecified atom stereocenters. The first-order valence-corrected chi connectivity index (χ1v) is 3.38. The summed E-state index contributed by atoms with van der Waals surface area (Å²) in [5.74, 6) is 0.242. The van der Waals surface area contributed by atoms with E-state index < -0.39 is 0 Å². The highest BCUT2D eigenvalue weighted by molar-refractivity contribution is 6.32. The van der Waals surface area contributed by atoms with Gasteiger partial charge >= 0.3 is 0 Å². The van der Waals surface area contributed by atoms with Gasteiger partial charge in [0.1, 0.15) is 0 Å². The minimum atomic E-state index is 0.242. The van der Waals surface area contributed by atoms with Crippen molar-refractivity contribution in [1.82, 2.24) is 10.2 Å². The Hall–Kier alpha value is -0.870. The summed E-state index contributed by atoms with van der Waals surface area (Å²) in [7, 11) is 1.58. The second kappa shape index (κ2) is 3.50. The number of methoxy groups -OCH3 is 1. The number of halogens is 1. The van der Waals surface area contributed by atoms with Gasteiger partial charge in [-0.3, -0.25) is 0 Å². The van der Waals surface area contributed by atoms with Gasteiger partial charge in [0, 0.05) is 7.11 Å². The fraction of sp³-hybridized carbons (Fsp3) is 0.333. The van der Waals surface area contributed by atoms with Crippen LogP contribution in [-0.2, 0) is 11.3 Å². The fourth-order valence-electron chi connectivity index (χ4n) is 0.633. The van der Waals surface area contributed by atoms with Gasteiger partial charge in [-0.1, -0.05) is 11.6 Å². The molecule has 0 fully saturated rings. The van der Waals surface area contributed by atoms with E-state index in [1.807, 2.05) is 0 Å². The minimum absolute atomic E-state index is 0.242. The van der Waals surface area contributed by atoms with Gasteiger partial charge in [-0.15, -0.1) is 5.10 Å². The van der Waals surface area contributed by atoms with Crippen LogP contribution in [0.1, 0.15) is 5.69 Å². The maximum Gasteiger partial charge on any atom is 0.164 e. The molecule has 4 nitrogen and oxygen atoms in total. The van der Waals surface area contributed by atoms with Crippen molar-refractivity contribution >= 4 is 17.4 Å². The molecule has 0 saturated heterocycles. The van der Waals surface area contributed by atoms with Crippen LogP contribution in [0.15, 0.2) is 6.07 Å². The van der Waals surface area contributed by atoms with E-state index in [1.165, 1.54) is 0 Å². The molecular formula is C6H8ClN3O. The number of nitrogen functional groups attached to an aromatic ring is 1. The van der Waals surface area contributed by atoms with Crippen molar-refractivity contribution in [2.75, 3.05) is 12.8 Å². The number of aromatic nitrogens is 2. The van der Waals surface area contributed by atoms with Crippen molar-refractivity contribution in [2.45, 2.75) is 6.61 Å². The predicted octanol–water partition coefficient (Wildman–Crippen LogP) is 0.859. The number of nitrogens with two attached hydrogens (primary N) is 1. The lowest BCUT2D eigenvalue weighted by Gasteiger charge is -1.99. The van der Waals surface area contributed by atoms with E-state index >= 15 is 0 Å². The van der Waals surface area contributed by atoms with Gasteiger partial charge in [0.15, 0.2) is 5.82 Å². The van der Waals surface area contributed by atoms with Crippen molar-refractivity contribution in [2.24, 2.45) is 0 Å². The molecule has 11 heavy (non-hydrogen) atoms. The molecule has 0 aliphatic carbocycles. The van der Waals surface area contributed by atoms with Crippen LogP contribution in [0.5, 0.6) is 0 Å². The van der Waals surface area contributed by atoms with Gasteiger partial charge in [0.2, 0.25) is 0 Å². The zero-order valence-electron chi connectivity index (χ0n) is 6.04. The van der Waals surface area contributed by atoms with Crippen molar-refractivity contribution in [3.8, 4) is 0 Å². The second-order valence-corrected chi connectivity index (χ2v) is 2.41. The molecule has 1 heterocycles. The lowest BCUT2D eigenvalue weighted by Crippen LogP contribution is -1.99. The molecule has 0 radical (unpaired) electrons. The molecule has 5 heteroatoms. The Kier molecular flexibility index (Phi) is 2.62. The van der Waals surface area contributed by atoms with E-state index in [9.17, 15) is 0 Å². The number of ether oxygens (including phenoxy) is 1. The second-order valence-electron chi connectivity index (χ2n) is 2.00. The van der Waals surface area contributed by atoms with Gasteiger partial charge < -0.3 is 10.5 Å². The zero-order valence-corrected chi connectivity index (χ0v) is 6.80. The van der Waals surface area contributed by atoms with E-state index in [0.717, 1.165) is 0 Å². The number of rotatable bonds is 2. The van der Waals surface area contributed by atoms with Crippen LogP contribution < -0.4 is 5.73 Å². The van der Waals surface area contributed by atoms with Crippen LogP contribution in [0.3, 0.4) is 0 Å². The largest absolute Gasteiger partial charge is 0.381 e. The topological polar surface area (TPSA) is 61.0 Å². The Labute approximate surface area is 69.3 Å². The molecule has 0 atom stereocenters. The molecule has 0 spiro atoms. The first kappa shape index (κ1) is 8.23. The van der Waals surface area contributed by atoms with Crippen molar-refractivity contribution in [1.29, 1.82) is 0 Å². The lowest BCUT2D eigenvalue weighted by atomic mass is 10.4. The Bertz CT molecular complexity index is 254. The summed E-state index contributed by atoms with van der Waals surface area (Å²) in [5.41, 5.74) is 6.01. The van der Waals surface area contributed by atoms with Crippen LogP contribution >= 0.6 is 11.6 Å². The predicted molar refractivity (Wildman–Crippen MR) is 42.2 cm³/mol. The minimum Gasteiger partial charge on any atom is -0.381 e. The molecule has 0 bridgehead atoms. The summed E-state index contributed by atoms with van der Waals surface area (Å²) >= 11 is 5.67. The Balaban J connectivity index is 2.86. The molecule has 1 aromatic rings. The Morgan fingerprint density at radius 1 is 1.64 bits per heavy atom. The van der Waals surface area contributed by atoms with Crippen LogP contribution in [0.4, 0.5) is 5.82 Å². The highest BCUT2D eigenvalue weighted by Crippen LogP contribution is 2.14. The van der Waals surface area contributed by atoms with E-state index in [-0.39, 0.29) is 5.82 Å². The summed E-state index contributed by atoms with van der Waals surface area (Å²) in [5, 5.41) is 7.77. The molecule has 0 saturated carbocycles. The van der Waals surface area contributed by atoms with E-state index in [2.05, 4.69) is 10.2 Å². The molecular weight excluding hydrogens is 166 g/mol. The average molecular weight is 174 g/mol. The number of hydrogen-bond donors (Lipinski definition) is 1. The fourth-order valence-corrected chi connectivity index (χ4v) is 0.797. The van der Waals surface area contributed by atoms with Crippen LogP contribution in [0, 0.1) is 0 Å². The van der Waals surface area contributed by atoms with Gasteiger partial charge in [-0.05, 0) is 6.07 Å². The molecule has 1 rings (SSSR count). The SMILES string of the molecule is COCc1cc(Cl)c(N)nn1. The third-order valence-electron chi connectivity index (χ3n) is 1.12. The highest BCUT2D eigenvalue weighted by atomic mass is 35.5. The molecule has 0 aliphatic rings. The summed E-state index contributed by atoms with van der Waals surface area (Å²) in [4.78, 5) is 0. The Morgan fingerprint density at radius 2 is 2.36 bits per heavy atom. The van der Waals surface area contributed by atoms with Gasteiger partial charge in [0.05, 0.1) is 17.3 Å². The maximum atomic E-state index is 5.67. The summed E-state index contributed by atoms with van der Waals surface area (Å²) in [6, 6.07) is 1.63. The Morgan fingerprint density at radius 3 is 2.91 bits per heavy atom. The van der Waals surface area contributed by atoms with Crippen LogP contribution in [0.2, 0.25) is 5.02 Å². The number of hydrogen-bond acceptors (Lipinski definition) is 4. The smallest absolute Gasteiger partial charge is 0.164 e. The van der Waals surface area contributed by atoms with E-state index in [1.54, 1.807) is 13.2 Å².